The zero-order chi connectivity index (χ0) is 13.7. The standard InChI is InChI=1S/C16H17AsO2/c1-3-19-15-11-7-8-13(12-15)16(18)17(2)14-9-5-4-6-10-14/h4-12H,3H2,1-2H3. The van der Waals surface area contributed by atoms with Crippen LogP contribution in [0.25, 0.3) is 0 Å². The Hall–Kier alpha value is -1.53. The third-order valence-corrected chi connectivity index (χ3v) is 6.91. The number of hydrogen-bond acceptors (Lipinski definition) is 2. The number of carbonyl (C=O) groups is 1. The fourth-order valence-electron chi connectivity index (χ4n) is 1.85. The molecule has 0 radical (unpaired) electrons. The van der Waals surface area contributed by atoms with Crippen molar-refractivity contribution < 1.29 is 9.53 Å². The van der Waals surface area contributed by atoms with Gasteiger partial charge in [0.2, 0.25) is 0 Å². The molecule has 0 saturated heterocycles. The van der Waals surface area contributed by atoms with E-state index in [2.05, 4.69) is 5.71 Å². The van der Waals surface area contributed by atoms with Gasteiger partial charge in [-0.2, -0.15) is 0 Å². The minimum absolute atomic E-state index is 0.264. The third-order valence-electron chi connectivity index (χ3n) is 2.84. The van der Waals surface area contributed by atoms with E-state index in [9.17, 15) is 4.79 Å². The van der Waals surface area contributed by atoms with Gasteiger partial charge in [-0.1, -0.05) is 0 Å². The van der Waals surface area contributed by atoms with Crippen LogP contribution in [0.15, 0.2) is 54.6 Å². The Morgan fingerprint density at radius 3 is 2.53 bits per heavy atom. The van der Waals surface area contributed by atoms with Crippen LogP contribution in [0.1, 0.15) is 17.3 Å². The Kier molecular flexibility index (Phi) is 4.81. The summed E-state index contributed by atoms with van der Waals surface area (Å²) in [6.07, 6.45) is 0. The van der Waals surface area contributed by atoms with E-state index in [0.29, 0.717) is 6.61 Å². The summed E-state index contributed by atoms with van der Waals surface area (Å²) in [6.45, 7) is 2.56. The first-order chi connectivity index (χ1) is 9.22. The molecular weight excluding hydrogens is 299 g/mol. The van der Waals surface area contributed by atoms with Gasteiger partial charge < -0.3 is 0 Å². The van der Waals surface area contributed by atoms with Crippen LogP contribution in [0.5, 0.6) is 5.75 Å². The van der Waals surface area contributed by atoms with Gasteiger partial charge in [-0.25, -0.2) is 0 Å². The van der Waals surface area contributed by atoms with E-state index < -0.39 is 14.7 Å². The molecule has 0 fully saturated rings. The van der Waals surface area contributed by atoms with Crippen LogP contribution < -0.4 is 9.09 Å². The van der Waals surface area contributed by atoms with Gasteiger partial charge in [0.1, 0.15) is 0 Å². The van der Waals surface area contributed by atoms with E-state index in [-0.39, 0.29) is 4.57 Å². The van der Waals surface area contributed by atoms with Crippen molar-refractivity contribution in [1.29, 1.82) is 0 Å². The number of carbonyl (C=O) groups excluding carboxylic acids is 1. The molecule has 2 aromatic carbocycles. The molecule has 0 bridgehead atoms. The van der Waals surface area contributed by atoms with Gasteiger partial charge >= 0.3 is 118 Å². The summed E-state index contributed by atoms with van der Waals surface area (Å²) in [5.74, 6) is 0.767. The minimum atomic E-state index is -1.69. The summed E-state index contributed by atoms with van der Waals surface area (Å²) in [7, 11) is 0. The number of hydrogen-bond donors (Lipinski definition) is 0. The first kappa shape index (κ1) is 13.9. The van der Waals surface area contributed by atoms with Crippen LogP contribution in [0.2, 0.25) is 5.71 Å². The van der Waals surface area contributed by atoms with Gasteiger partial charge in [-0.3, -0.25) is 0 Å². The first-order valence-corrected chi connectivity index (χ1v) is 10.0. The number of rotatable bonds is 5. The van der Waals surface area contributed by atoms with Crippen molar-refractivity contribution in [3.63, 3.8) is 0 Å². The molecule has 1 atom stereocenters. The maximum atomic E-state index is 12.5. The Morgan fingerprint density at radius 2 is 1.84 bits per heavy atom. The van der Waals surface area contributed by atoms with Crippen molar-refractivity contribution in [2.45, 2.75) is 12.6 Å². The summed E-state index contributed by atoms with van der Waals surface area (Å²) < 4.78 is 6.89. The molecule has 2 aromatic rings. The van der Waals surface area contributed by atoms with Crippen LogP contribution in [-0.2, 0) is 0 Å². The van der Waals surface area contributed by atoms with Crippen LogP contribution in [0, 0.1) is 0 Å². The van der Waals surface area contributed by atoms with E-state index in [1.807, 2.05) is 61.5 Å². The Bertz CT molecular complexity index is 552. The van der Waals surface area contributed by atoms with Gasteiger partial charge in [0.25, 0.3) is 0 Å². The second-order valence-electron chi connectivity index (χ2n) is 4.16. The second-order valence-corrected chi connectivity index (χ2v) is 8.44. The molecule has 19 heavy (non-hydrogen) atoms. The normalized spacial score (nSPS) is 11.9. The molecule has 2 rings (SSSR count). The quantitative estimate of drug-likeness (QED) is 0.793. The molecule has 3 heteroatoms. The summed E-state index contributed by atoms with van der Waals surface area (Å²) in [4.78, 5) is 12.5. The second kappa shape index (κ2) is 6.58. The summed E-state index contributed by atoms with van der Waals surface area (Å²) in [5.41, 5.74) is 2.84. The molecule has 1 unspecified atom stereocenters. The molecule has 2 nitrogen and oxygen atoms in total. The Balaban J connectivity index is 2.22. The fraction of sp³-hybridized carbons (Fsp3) is 0.188. The van der Waals surface area contributed by atoms with Crippen LogP contribution in [-0.4, -0.2) is 25.8 Å². The van der Waals surface area contributed by atoms with Crippen LogP contribution in [0.4, 0.5) is 0 Å². The number of benzene rings is 2. The van der Waals surface area contributed by atoms with E-state index in [1.54, 1.807) is 0 Å². The van der Waals surface area contributed by atoms with Crippen molar-refractivity contribution in [3.05, 3.63) is 60.2 Å². The van der Waals surface area contributed by atoms with Crippen molar-refractivity contribution in [2.75, 3.05) is 6.61 Å². The van der Waals surface area contributed by atoms with Crippen molar-refractivity contribution in [1.82, 2.24) is 0 Å². The van der Waals surface area contributed by atoms with E-state index in [0.717, 1.165) is 11.3 Å². The molecular formula is C16H17AsO2. The van der Waals surface area contributed by atoms with Crippen molar-refractivity contribution in [3.8, 4) is 5.75 Å². The van der Waals surface area contributed by atoms with Gasteiger partial charge in [-0.15, -0.1) is 0 Å². The van der Waals surface area contributed by atoms with Crippen LogP contribution >= 0.6 is 0 Å². The molecule has 0 aliphatic heterocycles. The topological polar surface area (TPSA) is 26.3 Å². The molecule has 0 aromatic heterocycles. The molecule has 0 spiro atoms. The molecule has 98 valence electrons. The summed E-state index contributed by atoms with van der Waals surface area (Å²) in [6, 6.07) is 17.5. The van der Waals surface area contributed by atoms with Crippen LogP contribution in [0.3, 0.4) is 0 Å². The van der Waals surface area contributed by atoms with Gasteiger partial charge in [0, 0.05) is 0 Å². The van der Waals surface area contributed by atoms with Crippen molar-refractivity contribution in [2.24, 2.45) is 0 Å². The molecule has 0 amide bonds. The molecule has 0 heterocycles. The Labute approximate surface area is 118 Å². The van der Waals surface area contributed by atoms with Gasteiger partial charge in [-0.05, 0) is 0 Å². The van der Waals surface area contributed by atoms with E-state index >= 15 is 0 Å². The van der Waals surface area contributed by atoms with Gasteiger partial charge in [0.15, 0.2) is 0 Å². The SMILES string of the molecule is CCOc1cccc(C(=O)[As](C)c2ccccc2)c1. The molecule has 0 N–H and O–H groups in total. The van der Waals surface area contributed by atoms with E-state index in [4.69, 9.17) is 4.74 Å². The maximum absolute atomic E-state index is 12.5. The Morgan fingerprint density at radius 1 is 1.11 bits per heavy atom. The average molecular weight is 316 g/mol. The summed E-state index contributed by atoms with van der Waals surface area (Å²) >= 11 is -1.69. The van der Waals surface area contributed by atoms with E-state index in [1.165, 1.54) is 4.35 Å². The zero-order valence-corrected chi connectivity index (χ0v) is 13.0. The molecule has 0 aliphatic carbocycles. The average Bonchev–Trinajstić information content (AvgIpc) is 2.47. The molecule has 0 saturated carbocycles. The molecule has 0 aliphatic rings. The predicted molar refractivity (Wildman–Crippen MR) is 79.6 cm³/mol. The fourth-order valence-corrected chi connectivity index (χ4v) is 4.74. The van der Waals surface area contributed by atoms with Crippen molar-refractivity contribution >= 4 is 23.6 Å². The number of ether oxygens (including phenoxy) is 1. The predicted octanol–water partition coefficient (Wildman–Crippen LogP) is 2.84. The summed E-state index contributed by atoms with van der Waals surface area (Å²) in [5, 5.41) is 0. The first-order valence-electron chi connectivity index (χ1n) is 6.28. The third kappa shape index (κ3) is 3.48. The van der Waals surface area contributed by atoms with Gasteiger partial charge in [0.05, 0.1) is 0 Å². The monoisotopic (exact) mass is 316 g/mol. The zero-order valence-electron chi connectivity index (χ0n) is 11.2.